The summed E-state index contributed by atoms with van der Waals surface area (Å²) in [6.45, 7) is 4.09. The number of piperidine rings is 1. The van der Waals surface area contributed by atoms with Gasteiger partial charge < -0.3 is 9.64 Å². The van der Waals surface area contributed by atoms with Crippen molar-refractivity contribution in [2.24, 2.45) is 5.41 Å². The molecule has 2 aromatic rings. The Morgan fingerprint density at radius 3 is 2.93 bits per heavy atom. The van der Waals surface area contributed by atoms with Gasteiger partial charge in [0.2, 0.25) is 0 Å². The van der Waals surface area contributed by atoms with Gasteiger partial charge in [-0.25, -0.2) is 4.39 Å². The molecule has 2 fully saturated rings. The number of carbonyl (C=O) groups excluding carboxylic acids is 1. The molecule has 1 aromatic carbocycles. The van der Waals surface area contributed by atoms with Crippen LogP contribution in [0.3, 0.4) is 0 Å². The number of nitrogens with zero attached hydrogens (tertiary/aromatic N) is 2. The molecule has 3 heterocycles. The number of likely N-dealkylation sites (tertiary alicyclic amines) is 2. The van der Waals surface area contributed by atoms with Crippen molar-refractivity contribution in [2.45, 2.75) is 25.8 Å². The van der Waals surface area contributed by atoms with Gasteiger partial charge in [0.1, 0.15) is 11.6 Å². The van der Waals surface area contributed by atoms with Gasteiger partial charge in [0.15, 0.2) is 0 Å². The number of rotatable bonds is 4. The molecule has 0 aliphatic carbocycles. The summed E-state index contributed by atoms with van der Waals surface area (Å²) in [5, 5.41) is 3.87. The van der Waals surface area contributed by atoms with E-state index in [0.717, 1.165) is 51.0 Å². The maximum Gasteiger partial charge on any atom is 0.254 e. The molecular formula is C21H25FN2O2S. The monoisotopic (exact) mass is 388 g/mol. The number of thiophene rings is 1. The van der Waals surface area contributed by atoms with E-state index in [2.05, 4.69) is 4.90 Å². The fourth-order valence-electron chi connectivity index (χ4n) is 4.50. The van der Waals surface area contributed by atoms with Gasteiger partial charge >= 0.3 is 0 Å². The molecule has 0 N–H and O–H groups in total. The van der Waals surface area contributed by atoms with E-state index in [0.29, 0.717) is 17.9 Å². The molecular weight excluding hydrogens is 363 g/mol. The molecule has 1 aromatic heterocycles. The normalized spacial score (nSPS) is 23.1. The van der Waals surface area contributed by atoms with Gasteiger partial charge in [0.05, 0.1) is 12.7 Å². The third-order valence-electron chi connectivity index (χ3n) is 5.88. The molecule has 0 bridgehead atoms. The van der Waals surface area contributed by atoms with E-state index in [1.807, 2.05) is 21.7 Å². The highest BCUT2D eigenvalue weighted by atomic mass is 32.1. The standard InChI is InChI=1S/C21H25FN2O2S/c1-26-18-3-4-19(22)17(11-18)12-23-8-2-6-21(14-23)7-9-24(15-21)20(25)16-5-10-27-13-16/h3-5,10-11,13H,2,6-9,12,14-15H2,1H3/t21-/m0/s1. The largest absolute Gasteiger partial charge is 0.497 e. The van der Waals surface area contributed by atoms with E-state index in [1.165, 1.54) is 6.07 Å². The zero-order valence-electron chi connectivity index (χ0n) is 15.6. The molecule has 1 atom stereocenters. The predicted octanol–water partition coefficient (Wildman–Crippen LogP) is 4.02. The highest BCUT2D eigenvalue weighted by Crippen LogP contribution is 2.40. The Hall–Kier alpha value is -1.92. The van der Waals surface area contributed by atoms with E-state index in [9.17, 15) is 9.18 Å². The van der Waals surface area contributed by atoms with E-state index in [4.69, 9.17) is 4.74 Å². The lowest BCUT2D eigenvalue weighted by atomic mass is 9.79. The fourth-order valence-corrected chi connectivity index (χ4v) is 5.13. The second kappa shape index (κ2) is 7.60. The topological polar surface area (TPSA) is 32.8 Å². The smallest absolute Gasteiger partial charge is 0.254 e. The molecule has 4 nitrogen and oxygen atoms in total. The van der Waals surface area contributed by atoms with Gasteiger partial charge in [0, 0.05) is 42.5 Å². The van der Waals surface area contributed by atoms with Crippen LogP contribution in [-0.2, 0) is 6.54 Å². The quantitative estimate of drug-likeness (QED) is 0.793. The molecule has 27 heavy (non-hydrogen) atoms. The lowest BCUT2D eigenvalue weighted by Crippen LogP contribution is -2.45. The second-order valence-corrected chi connectivity index (χ2v) is 8.54. The van der Waals surface area contributed by atoms with Crippen LogP contribution in [0.4, 0.5) is 4.39 Å². The summed E-state index contributed by atoms with van der Waals surface area (Å²) in [4.78, 5) is 17.0. The Labute approximate surface area is 163 Å². The van der Waals surface area contributed by atoms with Crippen LogP contribution in [0.25, 0.3) is 0 Å². The first-order valence-corrected chi connectivity index (χ1v) is 10.4. The SMILES string of the molecule is COc1ccc(F)c(CN2CCC[C@]3(CCN(C(=O)c4ccsc4)C3)C2)c1. The van der Waals surface area contributed by atoms with Crippen LogP contribution in [0.5, 0.6) is 5.75 Å². The van der Waals surface area contributed by atoms with Crippen molar-refractivity contribution >= 4 is 17.2 Å². The van der Waals surface area contributed by atoms with Crippen molar-refractivity contribution in [3.63, 3.8) is 0 Å². The predicted molar refractivity (Wildman–Crippen MR) is 105 cm³/mol. The van der Waals surface area contributed by atoms with E-state index >= 15 is 0 Å². The van der Waals surface area contributed by atoms with Crippen LogP contribution in [0.1, 0.15) is 35.2 Å². The highest BCUT2D eigenvalue weighted by Gasteiger charge is 2.42. The number of halogens is 1. The number of ether oxygens (including phenoxy) is 1. The van der Waals surface area contributed by atoms with Crippen molar-refractivity contribution in [3.05, 3.63) is 52.0 Å². The number of hydrogen-bond donors (Lipinski definition) is 0. The molecule has 144 valence electrons. The first-order valence-electron chi connectivity index (χ1n) is 9.45. The zero-order valence-corrected chi connectivity index (χ0v) is 16.4. The van der Waals surface area contributed by atoms with E-state index in [1.54, 1.807) is 30.6 Å². The average molecular weight is 389 g/mol. The number of benzene rings is 1. The summed E-state index contributed by atoms with van der Waals surface area (Å²) in [7, 11) is 1.60. The fraction of sp³-hybridized carbons (Fsp3) is 0.476. The third-order valence-corrected chi connectivity index (χ3v) is 6.56. The van der Waals surface area contributed by atoms with Crippen molar-refractivity contribution in [1.29, 1.82) is 0 Å². The zero-order chi connectivity index (χ0) is 18.9. The summed E-state index contributed by atoms with van der Waals surface area (Å²) in [6, 6.07) is 6.82. The number of hydrogen-bond acceptors (Lipinski definition) is 4. The Balaban J connectivity index is 1.43. The second-order valence-electron chi connectivity index (χ2n) is 7.76. The molecule has 1 spiro atoms. The first kappa shape index (κ1) is 18.4. The molecule has 4 rings (SSSR count). The van der Waals surface area contributed by atoms with Gasteiger partial charge in [-0.1, -0.05) is 0 Å². The minimum Gasteiger partial charge on any atom is -0.497 e. The molecule has 0 saturated carbocycles. The lowest BCUT2D eigenvalue weighted by Gasteiger charge is -2.40. The molecule has 0 unspecified atom stereocenters. The summed E-state index contributed by atoms with van der Waals surface area (Å²) in [5.74, 6) is 0.645. The number of carbonyl (C=O) groups is 1. The van der Waals surface area contributed by atoms with Crippen molar-refractivity contribution in [2.75, 3.05) is 33.3 Å². The molecule has 0 radical (unpaired) electrons. The lowest BCUT2D eigenvalue weighted by molar-refractivity contribution is 0.0673. The maximum atomic E-state index is 14.2. The van der Waals surface area contributed by atoms with Gasteiger partial charge in [-0.15, -0.1) is 0 Å². The van der Waals surface area contributed by atoms with Gasteiger partial charge in [-0.05, 0) is 55.5 Å². The molecule has 2 aliphatic rings. The van der Waals surface area contributed by atoms with Gasteiger partial charge in [0.25, 0.3) is 5.91 Å². The Morgan fingerprint density at radius 2 is 2.15 bits per heavy atom. The number of methoxy groups -OCH3 is 1. The highest BCUT2D eigenvalue weighted by molar-refractivity contribution is 7.08. The molecule has 2 saturated heterocycles. The summed E-state index contributed by atoms with van der Waals surface area (Å²) >= 11 is 1.56. The number of amides is 1. The van der Waals surface area contributed by atoms with E-state index < -0.39 is 0 Å². The van der Waals surface area contributed by atoms with Crippen LogP contribution >= 0.6 is 11.3 Å². The van der Waals surface area contributed by atoms with Gasteiger partial charge in [-0.2, -0.15) is 11.3 Å². The summed E-state index contributed by atoms with van der Waals surface area (Å²) < 4.78 is 19.5. The first-order chi connectivity index (χ1) is 13.1. The van der Waals surface area contributed by atoms with Gasteiger partial charge in [-0.3, -0.25) is 9.69 Å². The van der Waals surface area contributed by atoms with Crippen molar-refractivity contribution in [1.82, 2.24) is 9.80 Å². The van der Waals surface area contributed by atoms with Crippen LogP contribution in [0.15, 0.2) is 35.0 Å². The van der Waals surface area contributed by atoms with Crippen LogP contribution in [0, 0.1) is 11.2 Å². The Bertz CT molecular complexity index is 811. The minimum absolute atomic E-state index is 0.138. The van der Waals surface area contributed by atoms with Crippen LogP contribution < -0.4 is 4.74 Å². The van der Waals surface area contributed by atoms with Crippen molar-refractivity contribution < 1.29 is 13.9 Å². The Morgan fingerprint density at radius 1 is 1.26 bits per heavy atom. The molecule has 1 amide bonds. The maximum absolute atomic E-state index is 14.2. The van der Waals surface area contributed by atoms with Crippen LogP contribution in [0.2, 0.25) is 0 Å². The minimum atomic E-state index is -0.184. The molecule has 6 heteroatoms. The summed E-state index contributed by atoms with van der Waals surface area (Å²) in [5.41, 5.74) is 1.61. The van der Waals surface area contributed by atoms with Crippen molar-refractivity contribution in [3.8, 4) is 5.75 Å². The van der Waals surface area contributed by atoms with Crippen LogP contribution in [-0.4, -0.2) is 49.0 Å². The Kier molecular flexibility index (Phi) is 5.19. The summed E-state index contributed by atoms with van der Waals surface area (Å²) in [6.07, 6.45) is 3.25. The third kappa shape index (κ3) is 3.87. The van der Waals surface area contributed by atoms with E-state index in [-0.39, 0.29) is 17.1 Å². The molecule has 2 aliphatic heterocycles. The average Bonchev–Trinajstić information content (AvgIpc) is 3.34.